The number of aryl methyl sites for hydroxylation is 1. The van der Waals surface area contributed by atoms with Gasteiger partial charge >= 0.3 is 6.03 Å². The number of rotatable bonds is 3. The first-order valence-corrected chi connectivity index (χ1v) is 6.54. The fourth-order valence-electron chi connectivity index (χ4n) is 2.16. The summed E-state index contributed by atoms with van der Waals surface area (Å²) in [6.45, 7) is 5.04. The smallest absolute Gasteiger partial charge is 0.315 e. The van der Waals surface area contributed by atoms with Gasteiger partial charge in [-0.05, 0) is 32.4 Å². The van der Waals surface area contributed by atoms with Crippen molar-refractivity contribution < 1.29 is 9.59 Å². The van der Waals surface area contributed by atoms with E-state index in [-0.39, 0.29) is 11.9 Å². The van der Waals surface area contributed by atoms with Gasteiger partial charge < -0.3 is 15.5 Å². The maximum atomic E-state index is 12.2. The normalized spacial score (nSPS) is 18.5. The summed E-state index contributed by atoms with van der Waals surface area (Å²) in [7, 11) is 0. The SMILES string of the molecule is CCNC(=O)NC1CCN(c2ccc(C)cc2)C1=O. The van der Waals surface area contributed by atoms with Crippen LogP contribution in [0.5, 0.6) is 0 Å². The van der Waals surface area contributed by atoms with Crippen molar-refractivity contribution in [2.24, 2.45) is 0 Å². The highest BCUT2D eigenvalue weighted by atomic mass is 16.2. The fourth-order valence-corrected chi connectivity index (χ4v) is 2.16. The second-order valence-corrected chi connectivity index (χ2v) is 4.67. The van der Waals surface area contributed by atoms with Gasteiger partial charge in [-0.25, -0.2) is 4.79 Å². The van der Waals surface area contributed by atoms with Crippen LogP contribution in [0, 0.1) is 6.92 Å². The van der Waals surface area contributed by atoms with Crippen molar-refractivity contribution in [3.63, 3.8) is 0 Å². The quantitative estimate of drug-likeness (QED) is 0.864. The molecule has 2 N–H and O–H groups in total. The number of hydrogen-bond acceptors (Lipinski definition) is 2. The predicted molar refractivity (Wildman–Crippen MR) is 74.1 cm³/mol. The van der Waals surface area contributed by atoms with Gasteiger partial charge in [0.1, 0.15) is 6.04 Å². The molecule has 1 saturated heterocycles. The van der Waals surface area contributed by atoms with E-state index < -0.39 is 6.04 Å². The van der Waals surface area contributed by atoms with Crippen LogP contribution >= 0.6 is 0 Å². The van der Waals surface area contributed by atoms with Crippen LogP contribution in [0.15, 0.2) is 24.3 Å². The third kappa shape index (κ3) is 3.05. The molecular weight excluding hydrogens is 242 g/mol. The number of benzene rings is 1. The Morgan fingerprint density at radius 1 is 1.37 bits per heavy atom. The van der Waals surface area contributed by atoms with Crippen LogP contribution in [0.2, 0.25) is 0 Å². The Labute approximate surface area is 113 Å². The zero-order valence-corrected chi connectivity index (χ0v) is 11.3. The lowest BCUT2D eigenvalue weighted by Gasteiger charge is -2.17. The number of amides is 3. The van der Waals surface area contributed by atoms with Crippen LogP contribution in [-0.4, -0.2) is 31.1 Å². The fraction of sp³-hybridized carbons (Fsp3) is 0.429. The highest BCUT2D eigenvalue weighted by Crippen LogP contribution is 2.21. The molecule has 102 valence electrons. The predicted octanol–water partition coefficient (Wildman–Crippen LogP) is 1.42. The minimum absolute atomic E-state index is 0.0462. The summed E-state index contributed by atoms with van der Waals surface area (Å²) in [4.78, 5) is 25.4. The van der Waals surface area contributed by atoms with Gasteiger partial charge in [0.2, 0.25) is 5.91 Å². The molecule has 1 atom stereocenters. The molecule has 0 radical (unpaired) electrons. The molecule has 0 spiro atoms. The molecule has 0 aromatic heterocycles. The average molecular weight is 261 g/mol. The molecule has 1 unspecified atom stereocenters. The number of nitrogens with one attached hydrogen (secondary N) is 2. The van der Waals surface area contributed by atoms with Crippen molar-refractivity contribution in [1.82, 2.24) is 10.6 Å². The first-order valence-electron chi connectivity index (χ1n) is 6.54. The van der Waals surface area contributed by atoms with Crippen molar-refractivity contribution in [2.75, 3.05) is 18.0 Å². The van der Waals surface area contributed by atoms with Crippen LogP contribution < -0.4 is 15.5 Å². The van der Waals surface area contributed by atoms with Crippen LogP contribution in [0.25, 0.3) is 0 Å². The zero-order valence-electron chi connectivity index (χ0n) is 11.3. The molecule has 1 aliphatic heterocycles. The van der Waals surface area contributed by atoms with Crippen molar-refractivity contribution in [1.29, 1.82) is 0 Å². The number of nitrogens with zero attached hydrogens (tertiary/aromatic N) is 1. The summed E-state index contributed by atoms with van der Waals surface area (Å²) < 4.78 is 0. The number of anilines is 1. The molecule has 3 amide bonds. The molecule has 2 rings (SSSR count). The molecular formula is C14H19N3O2. The van der Waals surface area contributed by atoms with E-state index in [4.69, 9.17) is 0 Å². The van der Waals surface area contributed by atoms with Crippen LogP contribution in [0.1, 0.15) is 18.9 Å². The van der Waals surface area contributed by atoms with E-state index in [0.717, 1.165) is 11.3 Å². The van der Waals surface area contributed by atoms with Crippen LogP contribution in [0.4, 0.5) is 10.5 Å². The van der Waals surface area contributed by atoms with E-state index in [1.807, 2.05) is 38.1 Å². The Balaban J connectivity index is 2.01. The van der Waals surface area contributed by atoms with Crippen molar-refractivity contribution in [3.05, 3.63) is 29.8 Å². The van der Waals surface area contributed by atoms with Gasteiger partial charge in [0.25, 0.3) is 0 Å². The van der Waals surface area contributed by atoms with Crippen LogP contribution in [0.3, 0.4) is 0 Å². The van der Waals surface area contributed by atoms with E-state index in [0.29, 0.717) is 19.5 Å². The lowest BCUT2D eigenvalue weighted by molar-refractivity contribution is -0.118. The number of carbonyl (C=O) groups excluding carboxylic acids is 2. The Hall–Kier alpha value is -2.04. The Morgan fingerprint density at radius 2 is 2.05 bits per heavy atom. The maximum absolute atomic E-state index is 12.2. The Kier molecular flexibility index (Phi) is 4.04. The van der Waals surface area contributed by atoms with Gasteiger partial charge in [-0.3, -0.25) is 4.79 Å². The molecule has 0 saturated carbocycles. The molecule has 0 aliphatic carbocycles. The summed E-state index contributed by atoms with van der Waals surface area (Å²) in [6, 6.07) is 7.11. The van der Waals surface area contributed by atoms with Gasteiger partial charge in [-0.1, -0.05) is 17.7 Å². The van der Waals surface area contributed by atoms with Gasteiger partial charge in [0.05, 0.1) is 0 Å². The topological polar surface area (TPSA) is 61.4 Å². The first-order chi connectivity index (χ1) is 9.11. The average Bonchev–Trinajstić information content (AvgIpc) is 2.73. The molecule has 5 heteroatoms. The molecule has 1 aromatic rings. The third-order valence-corrected chi connectivity index (χ3v) is 3.19. The van der Waals surface area contributed by atoms with Crippen molar-refractivity contribution in [2.45, 2.75) is 26.3 Å². The summed E-state index contributed by atoms with van der Waals surface area (Å²) >= 11 is 0. The molecule has 1 aromatic carbocycles. The summed E-state index contributed by atoms with van der Waals surface area (Å²) in [5.74, 6) is -0.0462. The van der Waals surface area contributed by atoms with Gasteiger partial charge in [-0.15, -0.1) is 0 Å². The Morgan fingerprint density at radius 3 is 2.68 bits per heavy atom. The first kappa shape index (κ1) is 13.4. The summed E-state index contributed by atoms with van der Waals surface area (Å²) in [5.41, 5.74) is 2.04. The Bertz CT molecular complexity index is 470. The second-order valence-electron chi connectivity index (χ2n) is 4.67. The number of urea groups is 1. The molecule has 5 nitrogen and oxygen atoms in total. The highest BCUT2D eigenvalue weighted by molar-refractivity contribution is 6.01. The van der Waals surface area contributed by atoms with Crippen molar-refractivity contribution >= 4 is 17.6 Å². The molecule has 1 heterocycles. The molecule has 1 fully saturated rings. The van der Waals surface area contributed by atoms with Crippen molar-refractivity contribution in [3.8, 4) is 0 Å². The highest BCUT2D eigenvalue weighted by Gasteiger charge is 2.33. The second kappa shape index (κ2) is 5.73. The third-order valence-electron chi connectivity index (χ3n) is 3.19. The zero-order chi connectivity index (χ0) is 13.8. The lowest BCUT2D eigenvalue weighted by atomic mass is 10.2. The lowest BCUT2D eigenvalue weighted by Crippen LogP contribution is -2.46. The summed E-state index contributed by atoms with van der Waals surface area (Å²) in [6.07, 6.45) is 0.643. The van der Waals surface area contributed by atoms with Crippen LogP contribution in [-0.2, 0) is 4.79 Å². The minimum atomic E-state index is -0.423. The molecule has 1 aliphatic rings. The van der Waals surface area contributed by atoms with E-state index in [1.165, 1.54) is 0 Å². The maximum Gasteiger partial charge on any atom is 0.315 e. The van der Waals surface area contributed by atoms with E-state index in [9.17, 15) is 9.59 Å². The number of carbonyl (C=O) groups is 2. The van der Waals surface area contributed by atoms with E-state index in [2.05, 4.69) is 10.6 Å². The van der Waals surface area contributed by atoms with Gasteiger partial charge in [0, 0.05) is 18.8 Å². The number of hydrogen-bond donors (Lipinski definition) is 2. The standard InChI is InChI=1S/C14H19N3O2/c1-3-15-14(19)16-12-8-9-17(13(12)18)11-6-4-10(2)5-7-11/h4-7,12H,3,8-9H2,1-2H3,(H2,15,16,19). The molecule has 0 bridgehead atoms. The minimum Gasteiger partial charge on any atom is -0.338 e. The largest absolute Gasteiger partial charge is 0.338 e. The van der Waals surface area contributed by atoms with Gasteiger partial charge in [-0.2, -0.15) is 0 Å². The van der Waals surface area contributed by atoms with E-state index in [1.54, 1.807) is 4.90 Å². The van der Waals surface area contributed by atoms with Gasteiger partial charge in [0.15, 0.2) is 0 Å². The van der Waals surface area contributed by atoms with E-state index >= 15 is 0 Å². The molecule has 19 heavy (non-hydrogen) atoms. The monoisotopic (exact) mass is 261 g/mol. The summed E-state index contributed by atoms with van der Waals surface area (Å²) in [5, 5.41) is 5.33.